The Hall–Kier alpha value is -0.770. The molecule has 0 radical (unpaired) electrons. The minimum atomic E-state index is -0.403. The third-order valence-corrected chi connectivity index (χ3v) is 3.49. The molecule has 1 aliphatic carbocycles. The van der Waals surface area contributed by atoms with Crippen molar-refractivity contribution in [2.45, 2.75) is 57.7 Å². The van der Waals surface area contributed by atoms with E-state index in [1.54, 1.807) is 4.90 Å². The van der Waals surface area contributed by atoms with Crippen LogP contribution in [0.4, 0.5) is 4.79 Å². The van der Waals surface area contributed by atoms with Gasteiger partial charge in [-0.25, -0.2) is 4.79 Å². The van der Waals surface area contributed by atoms with Crippen LogP contribution in [0.25, 0.3) is 0 Å². The zero-order chi connectivity index (χ0) is 12.6. The van der Waals surface area contributed by atoms with Crippen molar-refractivity contribution in [3.63, 3.8) is 0 Å². The summed E-state index contributed by atoms with van der Waals surface area (Å²) in [4.78, 5) is 16.2. The number of carbonyl (C=O) groups is 1. The van der Waals surface area contributed by atoms with Gasteiger partial charge in [0.15, 0.2) is 0 Å². The van der Waals surface area contributed by atoms with E-state index in [2.05, 4.69) is 4.90 Å². The lowest BCUT2D eigenvalue weighted by molar-refractivity contribution is 0.0228. The molecule has 1 amide bonds. The molecule has 0 aromatic heterocycles. The summed E-state index contributed by atoms with van der Waals surface area (Å²) in [6.07, 6.45) is 3.55. The lowest BCUT2D eigenvalue weighted by atomic mass is 10.2. The van der Waals surface area contributed by atoms with E-state index in [4.69, 9.17) is 4.74 Å². The molecule has 4 heteroatoms. The molecule has 2 rings (SSSR count). The third kappa shape index (κ3) is 3.35. The second kappa shape index (κ2) is 4.48. The first-order valence-corrected chi connectivity index (χ1v) is 6.57. The molecule has 17 heavy (non-hydrogen) atoms. The van der Waals surface area contributed by atoms with Crippen molar-refractivity contribution in [2.24, 2.45) is 0 Å². The molecule has 1 atom stereocenters. The summed E-state index contributed by atoms with van der Waals surface area (Å²) in [5.74, 6) is 0. The van der Waals surface area contributed by atoms with Gasteiger partial charge in [0.05, 0.1) is 0 Å². The molecular weight excluding hydrogens is 216 g/mol. The average Bonchev–Trinajstić information content (AvgIpc) is 2.93. The van der Waals surface area contributed by atoms with Crippen LogP contribution in [0.1, 0.15) is 40.0 Å². The Morgan fingerprint density at radius 2 is 1.94 bits per heavy atom. The molecule has 1 saturated heterocycles. The lowest BCUT2D eigenvalue weighted by Gasteiger charge is -2.28. The van der Waals surface area contributed by atoms with E-state index in [-0.39, 0.29) is 6.09 Å². The highest BCUT2D eigenvalue weighted by Crippen LogP contribution is 2.31. The first-order chi connectivity index (χ1) is 7.87. The van der Waals surface area contributed by atoms with Crippen LogP contribution in [0.2, 0.25) is 0 Å². The Morgan fingerprint density at radius 3 is 2.47 bits per heavy atom. The molecule has 0 aromatic carbocycles. The molecule has 2 aliphatic rings. The summed E-state index contributed by atoms with van der Waals surface area (Å²) >= 11 is 0. The highest BCUT2D eigenvalue weighted by Gasteiger charge is 2.37. The molecule has 1 saturated carbocycles. The Bertz CT molecular complexity index is 294. The predicted octanol–water partition coefficient (Wildman–Crippen LogP) is 2.09. The SMILES string of the molecule is CN(C(=O)OC(C)(C)C)C1CCN(C2CC2)C1. The fourth-order valence-electron chi connectivity index (χ4n) is 2.34. The Balaban J connectivity index is 1.83. The molecule has 1 aliphatic heterocycles. The molecule has 0 spiro atoms. The van der Waals surface area contributed by atoms with Gasteiger partial charge in [-0.15, -0.1) is 0 Å². The van der Waals surface area contributed by atoms with Crippen molar-refractivity contribution in [3.8, 4) is 0 Å². The maximum Gasteiger partial charge on any atom is 0.410 e. The topological polar surface area (TPSA) is 32.8 Å². The molecule has 0 bridgehead atoms. The van der Waals surface area contributed by atoms with Crippen molar-refractivity contribution >= 4 is 6.09 Å². The Labute approximate surface area is 104 Å². The summed E-state index contributed by atoms with van der Waals surface area (Å²) < 4.78 is 5.39. The van der Waals surface area contributed by atoms with Gasteiger partial charge in [0.2, 0.25) is 0 Å². The second-order valence-corrected chi connectivity index (χ2v) is 6.26. The van der Waals surface area contributed by atoms with E-state index in [1.807, 2.05) is 27.8 Å². The van der Waals surface area contributed by atoms with Crippen LogP contribution in [0, 0.1) is 0 Å². The lowest BCUT2D eigenvalue weighted by Crippen LogP contribution is -2.42. The molecule has 4 nitrogen and oxygen atoms in total. The monoisotopic (exact) mass is 240 g/mol. The molecule has 0 N–H and O–H groups in total. The Kier molecular flexibility index (Phi) is 3.34. The quantitative estimate of drug-likeness (QED) is 0.741. The van der Waals surface area contributed by atoms with Crippen molar-refractivity contribution in [3.05, 3.63) is 0 Å². The zero-order valence-corrected chi connectivity index (χ0v) is 11.4. The maximum absolute atomic E-state index is 11.9. The second-order valence-electron chi connectivity index (χ2n) is 6.26. The number of hydrogen-bond acceptors (Lipinski definition) is 3. The third-order valence-electron chi connectivity index (χ3n) is 3.49. The van der Waals surface area contributed by atoms with E-state index in [0.29, 0.717) is 6.04 Å². The largest absolute Gasteiger partial charge is 0.444 e. The van der Waals surface area contributed by atoms with E-state index in [0.717, 1.165) is 25.6 Å². The highest BCUT2D eigenvalue weighted by molar-refractivity contribution is 5.68. The first-order valence-electron chi connectivity index (χ1n) is 6.57. The average molecular weight is 240 g/mol. The van der Waals surface area contributed by atoms with Crippen LogP contribution in [-0.2, 0) is 4.74 Å². The highest BCUT2D eigenvalue weighted by atomic mass is 16.6. The normalized spacial score (nSPS) is 26.0. The number of likely N-dealkylation sites (N-methyl/N-ethyl adjacent to an activating group) is 1. The number of hydrogen-bond donors (Lipinski definition) is 0. The van der Waals surface area contributed by atoms with E-state index in [1.165, 1.54) is 12.8 Å². The fraction of sp³-hybridized carbons (Fsp3) is 0.923. The van der Waals surface area contributed by atoms with E-state index in [9.17, 15) is 4.79 Å². The van der Waals surface area contributed by atoms with Gasteiger partial charge in [-0.2, -0.15) is 0 Å². The zero-order valence-electron chi connectivity index (χ0n) is 11.4. The van der Waals surface area contributed by atoms with Crippen molar-refractivity contribution < 1.29 is 9.53 Å². The fourth-order valence-corrected chi connectivity index (χ4v) is 2.34. The van der Waals surface area contributed by atoms with Crippen LogP contribution in [0.3, 0.4) is 0 Å². The minimum Gasteiger partial charge on any atom is -0.444 e. The first kappa shape index (κ1) is 12.7. The summed E-state index contributed by atoms with van der Waals surface area (Å²) in [5.41, 5.74) is -0.403. The Morgan fingerprint density at radius 1 is 1.29 bits per heavy atom. The summed E-state index contributed by atoms with van der Waals surface area (Å²) in [7, 11) is 1.86. The number of amides is 1. The van der Waals surface area contributed by atoms with Crippen LogP contribution >= 0.6 is 0 Å². The summed E-state index contributed by atoms with van der Waals surface area (Å²) in [6.45, 7) is 7.86. The van der Waals surface area contributed by atoms with Gasteiger partial charge in [0, 0.05) is 32.2 Å². The summed E-state index contributed by atoms with van der Waals surface area (Å²) in [6, 6.07) is 1.12. The number of rotatable bonds is 2. The minimum absolute atomic E-state index is 0.194. The van der Waals surface area contributed by atoms with E-state index < -0.39 is 5.60 Å². The van der Waals surface area contributed by atoms with Crippen LogP contribution in [0.5, 0.6) is 0 Å². The molecule has 2 fully saturated rings. The van der Waals surface area contributed by atoms with E-state index >= 15 is 0 Å². The van der Waals surface area contributed by atoms with Crippen molar-refractivity contribution in [1.82, 2.24) is 9.80 Å². The van der Waals surface area contributed by atoms with Crippen LogP contribution < -0.4 is 0 Å². The summed E-state index contributed by atoms with van der Waals surface area (Å²) in [5, 5.41) is 0. The van der Waals surface area contributed by atoms with Gasteiger partial charge in [-0.1, -0.05) is 0 Å². The van der Waals surface area contributed by atoms with Gasteiger partial charge in [0.1, 0.15) is 5.60 Å². The molecule has 1 unspecified atom stereocenters. The molecule has 98 valence electrons. The molecule has 1 heterocycles. The smallest absolute Gasteiger partial charge is 0.410 e. The van der Waals surface area contributed by atoms with Crippen LogP contribution in [-0.4, -0.2) is 53.7 Å². The van der Waals surface area contributed by atoms with Gasteiger partial charge in [0.25, 0.3) is 0 Å². The maximum atomic E-state index is 11.9. The molecular formula is C13H24N2O2. The van der Waals surface area contributed by atoms with Gasteiger partial charge >= 0.3 is 6.09 Å². The molecule has 0 aromatic rings. The predicted molar refractivity (Wildman–Crippen MR) is 67.0 cm³/mol. The van der Waals surface area contributed by atoms with Crippen molar-refractivity contribution in [2.75, 3.05) is 20.1 Å². The standard InChI is InChI=1S/C13H24N2O2/c1-13(2,3)17-12(16)14(4)11-7-8-15(9-11)10-5-6-10/h10-11H,5-9H2,1-4H3. The number of likely N-dealkylation sites (tertiary alicyclic amines) is 1. The van der Waals surface area contributed by atoms with Crippen LogP contribution in [0.15, 0.2) is 0 Å². The number of carbonyl (C=O) groups excluding carboxylic acids is 1. The van der Waals surface area contributed by atoms with Gasteiger partial charge in [-0.05, 0) is 40.0 Å². The van der Waals surface area contributed by atoms with Crippen molar-refractivity contribution in [1.29, 1.82) is 0 Å². The number of nitrogens with zero attached hydrogens (tertiary/aromatic N) is 2. The number of ether oxygens (including phenoxy) is 1. The van der Waals surface area contributed by atoms with Gasteiger partial charge < -0.3 is 9.64 Å². The van der Waals surface area contributed by atoms with Gasteiger partial charge in [-0.3, -0.25) is 4.90 Å².